The molecule has 0 aliphatic heterocycles. The van der Waals surface area contributed by atoms with Crippen molar-refractivity contribution < 1.29 is 0 Å². The van der Waals surface area contributed by atoms with Crippen molar-refractivity contribution in [1.29, 1.82) is 0 Å². The molecule has 0 spiro atoms. The van der Waals surface area contributed by atoms with E-state index in [1.54, 1.807) is 24.9 Å². The fourth-order valence-corrected chi connectivity index (χ4v) is 2.36. The molecule has 0 saturated carbocycles. The Bertz CT molecular complexity index is 579. The van der Waals surface area contributed by atoms with Crippen LogP contribution in [0.2, 0.25) is 0 Å². The van der Waals surface area contributed by atoms with Crippen LogP contribution >= 0.6 is 11.8 Å². The number of rotatable bonds is 4. The highest BCUT2D eigenvalue weighted by molar-refractivity contribution is 7.99. The minimum atomic E-state index is -0.0827. The Hall–Kier alpha value is -1.36. The fraction of sp³-hybridized carbons (Fsp3) is 0.417. The summed E-state index contributed by atoms with van der Waals surface area (Å²) in [5.41, 5.74) is 1.22. The molecule has 0 atom stereocenters. The lowest BCUT2D eigenvalue weighted by Crippen LogP contribution is -2.09. The molecular weight excluding hydrogens is 234 g/mol. The summed E-state index contributed by atoms with van der Waals surface area (Å²) < 4.78 is 0. The molecule has 4 nitrogen and oxygen atoms in total. The van der Waals surface area contributed by atoms with Crippen molar-refractivity contribution >= 4 is 22.8 Å². The lowest BCUT2D eigenvalue weighted by atomic mass is 10.2. The van der Waals surface area contributed by atoms with Crippen molar-refractivity contribution in [2.75, 3.05) is 5.75 Å². The maximum absolute atomic E-state index is 11.5. The molecule has 5 heteroatoms. The molecule has 0 unspecified atom stereocenters. The number of unbranched alkanes of at least 4 members (excludes halogenated alkanes) is 1. The lowest BCUT2D eigenvalue weighted by molar-refractivity contribution is 0.889. The lowest BCUT2D eigenvalue weighted by Gasteiger charge is -2.01. The van der Waals surface area contributed by atoms with Crippen molar-refractivity contribution in [2.45, 2.75) is 31.8 Å². The Morgan fingerprint density at radius 1 is 1.47 bits per heavy atom. The molecule has 2 heterocycles. The van der Waals surface area contributed by atoms with Crippen LogP contribution in [0.5, 0.6) is 0 Å². The summed E-state index contributed by atoms with van der Waals surface area (Å²) in [4.78, 5) is 22.9. The highest BCUT2D eigenvalue weighted by Crippen LogP contribution is 2.16. The quantitative estimate of drug-likeness (QED) is 0.514. The summed E-state index contributed by atoms with van der Waals surface area (Å²) >= 11 is 1.63. The molecule has 0 radical (unpaired) electrons. The normalized spacial score (nSPS) is 10.9. The topological polar surface area (TPSA) is 58.6 Å². The van der Waals surface area contributed by atoms with Crippen molar-refractivity contribution in [3.8, 4) is 0 Å². The summed E-state index contributed by atoms with van der Waals surface area (Å²) in [5.74, 6) is 1.01. The Morgan fingerprint density at radius 3 is 3.06 bits per heavy atom. The van der Waals surface area contributed by atoms with Gasteiger partial charge in [-0.1, -0.05) is 25.1 Å². The zero-order valence-corrected chi connectivity index (χ0v) is 10.8. The van der Waals surface area contributed by atoms with Gasteiger partial charge in [-0.05, 0) is 19.4 Å². The summed E-state index contributed by atoms with van der Waals surface area (Å²) in [6.45, 7) is 3.93. The summed E-state index contributed by atoms with van der Waals surface area (Å²) in [6, 6.07) is 1.81. The first-order chi connectivity index (χ1) is 8.20. The molecule has 2 rings (SSSR count). The number of pyridine rings is 1. The molecule has 2 aromatic heterocycles. The van der Waals surface area contributed by atoms with Gasteiger partial charge in [0.15, 0.2) is 5.16 Å². The predicted octanol–water partition coefficient (Wildman–Crippen LogP) is 2.52. The Labute approximate surface area is 104 Å². The SMILES string of the molecule is CCCCSc1ncc2cc(C)c(=O)[nH]c2n1. The van der Waals surface area contributed by atoms with E-state index in [-0.39, 0.29) is 5.56 Å². The molecule has 0 saturated heterocycles. The number of nitrogens with zero attached hydrogens (tertiary/aromatic N) is 2. The molecule has 17 heavy (non-hydrogen) atoms. The van der Waals surface area contributed by atoms with E-state index in [0.29, 0.717) is 11.2 Å². The van der Waals surface area contributed by atoms with Gasteiger partial charge in [0.05, 0.1) is 0 Å². The second kappa shape index (κ2) is 5.31. The summed E-state index contributed by atoms with van der Waals surface area (Å²) in [5, 5.41) is 1.60. The van der Waals surface area contributed by atoms with E-state index in [9.17, 15) is 4.79 Å². The second-order valence-corrected chi connectivity index (χ2v) is 5.00. The van der Waals surface area contributed by atoms with Gasteiger partial charge in [-0.25, -0.2) is 9.97 Å². The molecule has 0 aromatic carbocycles. The first kappa shape index (κ1) is 12.1. The monoisotopic (exact) mass is 249 g/mol. The molecule has 1 N–H and O–H groups in total. The number of aryl methyl sites for hydroxylation is 1. The number of hydrogen-bond acceptors (Lipinski definition) is 4. The first-order valence-electron chi connectivity index (χ1n) is 5.70. The molecule has 2 aromatic rings. The van der Waals surface area contributed by atoms with Crippen LogP contribution in [0.1, 0.15) is 25.3 Å². The molecule has 0 aliphatic rings. The van der Waals surface area contributed by atoms with Crippen LogP contribution in [0.3, 0.4) is 0 Å². The van der Waals surface area contributed by atoms with Gasteiger partial charge >= 0.3 is 0 Å². The average Bonchev–Trinajstić information content (AvgIpc) is 2.31. The van der Waals surface area contributed by atoms with Gasteiger partial charge < -0.3 is 4.98 Å². The molecule has 0 fully saturated rings. The molecule has 0 aliphatic carbocycles. The van der Waals surface area contributed by atoms with Crippen LogP contribution in [-0.4, -0.2) is 20.7 Å². The van der Waals surface area contributed by atoms with Gasteiger partial charge in [0.2, 0.25) is 0 Å². The first-order valence-corrected chi connectivity index (χ1v) is 6.68. The maximum atomic E-state index is 11.5. The highest BCUT2D eigenvalue weighted by Gasteiger charge is 2.03. The van der Waals surface area contributed by atoms with Gasteiger partial charge in [0.25, 0.3) is 5.56 Å². The van der Waals surface area contributed by atoms with Gasteiger partial charge in [0, 0.05) is 22.9 Å². The van der Waals surface area contributed by atoms with Crippen LogP contribution in [-0.2, 0) is 0 Å². The number of H-pyrrole nitrogens is 1. The molecule has 90 valence electrons. The third kappa shape index (κ3) is 2.85. The largest absolute Gasteiger partial charge is 0.306 e. The van der Waals surface area contributed by atoms with E-state index >= 15 is 0 Å². The maximum Gasteiger partial charge on any atom is 0.252 e. The number of aromatic nitrogens is 3. The number of nitrogens with one attached hydrogen (secondary N) is 1. The van der Waals surface area contributed by atoms with E-state index in [1.807, 2.05) is 6.07 Å². The minimum Gasteiger partial charge on any atom is -0.306 e. The number of fused-ring (bicyclic) bond motifs is 1. The Kier molecular flexibility index (Phi) is 3.78. The van der Waals surface area contributed by atoms with Crippen LogP contribution in [0, 0.1) is 6.92 Å². The predicted molar refractivity (Wildman–Crippen MR) is 70.5 cm³/mol. The standard InChI is InChI=1S/C12H15N3OS/c1-3-4-5-17-12-13-7-9-6-8(2)11(16)14-10(9)15-12/h6-7H,3-5H2,1-2H3,(H,13,14,15,16). The van der Waals surface area contributed by atoms with Crippen molar-refractivity contribution in [2.24, 2.45) is 0 Å². The van der Waals surface area contributed by atoms with Crippen LogP contribution in [0.15, 0.2) is 22.2 Å². The number of thioether (sulfide) groups is 1. The molecular formula is C12H15N3OS. The summed E-state index contributed by atoms with van der Waals surface area (Å²) in [7, 11) is 0. The van der Waals surface area contributed by atoms with Crippen molar-refractivity contribution in [3.05, 3.63) is 28.2 Å². The van der Waals surface area contributed by atoms with Gasteiger partial charge in [-0.3, -0.25) is 4.79 Å². The van der Waals surface area contributed by atoms with Crippen molar-refractivity contribution in [3.63, 3.8) is 0 Å². The zero-order valence-electron chi connectivity index (χ0n) is 9.99. The number of aromatic amines is 1. The van der Waals surface area contributed by atoms with Gasteiger partial charge in [0.1, 0.15) is 5.65 Å². The van der Waals surface area contributed by atoms with Crippen LogP contribution in [0.4, 0.5) is 0 Å². The van der Waals surface area contributed by atoms with Crippen LogP contribution in [0.25, 0.3) is 11.0 Å². The smallest absolute Gasteiger partial charge is 0.252 e. The van der Waals surface area contributed by atoms with E-state index in [2.05, 4.69) is 21.9 Å². The fourth-order valence-electron chi connectivity index (χ4n) is 1.46. The highest BCUT2D eigenvalue weighted by atomic mass is 32.2. The second-order valence-electron chi connectivity index (χ2n) is 3.94. The average molecular weight is 249 g/mol. The van der Waals surface area contributed by atoms with E-state index in [1.165, 1.54) is 0 Å². The minimum absolute atomic E-state index is 0.0827. The third-order valence-corrected chi connectivity index (χ3v) is 3.43. The molecule has 0 bridgehead atoms. The number of hydrogen-bond donors (Lipinski definition) is 1. The van der Waals surface area contributed by atoms with E-state index < -0.39 is 0 Å². The third-order valence-electron chi connectivity index (χ3n) is 2.49. The Morgan fingerprint density at radius 2 is 2.29 bits per heavy atom. The van der Waals surface area contributed by atoms with Crippen LogP contribution < -0.4 is 5.56 Å². The van der Waals surface area contributed by atoms with Gasteiger partial charge in [-0.2, -0.15) is 0 Å². The summed E-state index contributed by atoms with van der Waals surface area (Å²) in [6.07, 6.45) is 4.08. The Balaban J connectivity index is 2.30. The van der Waals surface area contributed by atoms with Crippen molar-refractivity contribution in [1.82, 2.24) is 15.0 Å². The van der Waals surface area contributed by atoms with E-state index in [4.69, 9.17) is 0 Å². The van der Waals surface area contributed by atoms with Gasteiger partial charge in [-0.15, -0.1) is 0 Å². The zero-order chi connectivity index (χ0) is 12.3. The van der Waals surface area contributed by atoms with E-state index in [0.717, 1.165) is 29.1 Å². The molecule has 0 amide bonds.